The normalized spacial score (nSPS) is 10.9. The second-order valence-corrected chi connectivity index (χ2v) is 1.82. The van der Waals surface area contributed by atoms with Crippen molar-refractivity contribution in [3.05, 3.63) is 0 Å². The van der Waals surface area contributed by atoms with E-state index in [0.717, 1.165) is 7.11 Å². The minimum absolute atomic E-state index is 0. The number of methoxy groups -OCH3 is 2. The Bertz CT molecular complexity index is 158. The Morgan fingerprint density at radius 2 is 1.83 bits per heavy atom. The first kappa shape index (κ1) is 14.2. The number of hydrogen-bond acceptors (Lipinski definition) is 5. The molecule has 0 aliphatic heterocycles. The summed E-state index contributed by atoms with van der Waals surface area (Å²) >= 11 is 0. The Balaban J connectivity index is 0. The fourth-order valence-corrected chi connectivity index (χ4v) is 0.461. The van der Waals surface area contributed by atoms with Crippen molar-refractivity contribution in [3.8, 4) is 0 Å². The molecule has 0 saturated heterocycles. The predicted octanol–water partition coefficient (Wildman–Crippen LogP) is -2.37. The molecule has 6 heteroatoms. The zero-order valence-corrected chi connectivity index (χ0v) is 6.36. The van der Waals surface area contributed by atoms with Gasteiger partial charge in [0.15, 0.2) is 6.10 Å². The third kappa shape index (κ3) is 5.36. The average molecular weight is 285 g/mol. The molecule has 0 amide bonds. The van der Waals surface area contributed by atoms with Crippen LogP contribution in [-0.2, 0) is 19.1 Å². The van der Waals surface area contributed by atoms with Crippen LogP contribution in [0.3, 0.4) is 0 Å². The van der Waals surface area contributed by atoms with Crippen LogP contribution in [0.4, 0.5) is 0 Å². The van der Waals surface area contributed by atoms with E-state index in [4.69, 9.17) is 5.11 Å². The van der Waals surface area contributed by atoms with Crippen LogP contribution in [0.25, 0.3) is 0 Å². The van der Waals surface area contributed by atoms with E-state index in [0.29, 0.717) is 0 Å². The molecule has 1 atom stereocenters. The number of esters is 2. The van der Waals surface area contributed by atoms with Gasteiger partial charge in [0.05, 0.1) is 20.6 Å². The molecular formula is C6H14O5Sn. The van der Waals surface area contributed by atoms with Crippen molar-refractivity contribution in [2.24, 2.45) is 0 Å². The van der Waals surface area contributed by atoms with Gasteiger partial charge in [-0.15, -0.1) is 0 Å². The van der Waals surface area contributed by atoms with Crippen molar-refractivity contribution in [2.45, 2.75) is 12.5 Å². The van der Waals surface area contributed by atoms with Crippen LogP contribution in [0.1, 0.15) is 6.42 Å². The molecule has 0 heterocycles. The Morgan fingerprint density at radius 1 is 1.33 bits per heavy atom. The van der Waals surface area contributed by atoms with Crippen LogP contribution < -0.4 is 0 Å². The second kappa shape index (κ2) is 7.35. The summed E-state index contributed by atoms with van der Waals surface area (Å²) < 4.78 is 8.37. The first-order valence-electron chi connectivity index (χ1n) is 2.94. The molecule has 1 unspecified atom stereocenters. The average Bonchev–Trinajstić information content (AvgIpc) is 2.02. The number of aliphatic hydroxyl groups excluding tert-OH is 1. The van der Waals surface area contributed by atoms with E-state index in [1.54, 1.807) is 0 Å². The molecule has 0 spiro atoms. The van der Waals surface area contributed by atoms with E-state index in [2.05, 4.69) is 9.47 Å². The van der Waals surface area contributed by atoms with Crippen LogP contribution in [0.15, 0.2) is 0 Å². The maximum atomic E-state index is 10.5. The number of carbonyl (C=O) groups is 2. The van der Waals surface area contributed by atoms with E-state index in [1.807, 2.05) is 0 Å². The summed E-state index contributed by atoms with van der Waals surface area (Å²) in [6, 6.07) is 0. The van der Waals surface area contributed by atoms with Crippen molar-refractivity contribution in [1.29, 1.82) is 0 Å². The summed E-state index contributed by atoms with van der Waals surface area (Å²) in [7, 11) is 2.30. The summed E-state index contributed by atoms with van der Waals surface area (Å²) in [6.07, 6.45) is -1.80. The van der Waals surface area contributed by atoms with E-state index < -0.39 is 18.0 Å². The summed E-state index contributed by atoms with van der Waals surface area (Å²) in [6.45, 7) is 0. The van der Waals surface area contributed by atoms with Crippen LogP contribution in [0.2, 0.25) is 0 Å². The number of carbonyl (C=O) groups excluding carboxylic acids is 2. The molecule has 12 heavy (non-hydrogen) atoms. The molecule has 5 nitrogen and oxygen atoms in total. The standard InChI is InChI=1S/C6H10O5.Sn.4H/c1-10-5(8)3-4(7)6(9)11-2;;;;;/h4,7H,3H2,1-2H3;;;;;. The van der Waals surface area contributed by atoms with Crippen LogP contribution in [0, 0.1) is 0 Å². The predicted molar refractivity (Wildman–Crippen MR) is 46.0 cm³/mol. The third-order valence-electron chi connectivity index (χ3n) is 1.06. The molecule has 0 aromatic rings. The Labute approximate surface area is 87.0 Å². The van der Waals surface area contributed by atoms with Gasteiger partial charge < -0.3 is 14.6 Å². The van der Waals surface area contributed by atoms with Crippen molar-refractivity contribution in [1.82, 2.24) is 0 Å². The Kier molecular flexibility index (Phi) is 8.72. The number of aliphatic hydroxyl groups is 1. The van der Waals surface area contributed by atoms with Crippen LogP contribution in [-0.4, -0.2) is 61.3 Å². The summed E-state index contributed by atoms with van der Waals surface area (Å²) in [5.74, 6) is -1.49. The van der Waals surface area contributed by atoms with Gasteiger partial charge in [-0.2, -0.15) is 0 Å². The molecule has 0 rings (SSSR count). The zero-order chi connectivity index (χ0) is 8.85. The molecule has 72 valence electrons. The molecule has 1 N–H and O–H groups in total. The SMILES string of the molecule is COC(=O)CC(O)C(=O)OC.[SnH4]. The van der Waals surface area contributed by atoms with E-state index in [-0.39, 0.29) is 30.3 Å². The minimum atomic E-state index is -1.42. The van der Waals surface area contributed by atoms with E-state index >= 15 is 0 Å². The monoisotopic (exact) mass is 286 g/mol. The van der Waals surface area contributed by atoms with Crippen molar-refractivity contribution < 1.29 is 24.2 Å². The van der Waals surface area contributed by atoms with Gasteiger partial charge in [0, 0.05) is 0 Å². The zero-order valence-electron chi connectivity index (χ0n) is 6.36. The fourth-order valence-electron chi connectivity index (χ4n) is 0.461. The van der Waals surface area contributed by atoms with E-state index in [9.17, 15) is 9.59 Å². The van der Waals surface area contributed by atoms with Gasteiger partial charge in [-0.05, 0) is 0 Å². The molecule has 0 bridgehead atoms. The molecule has 0 saturated carbocycles. The van der Waals surface area contributed by atoms with Crippen LogP contribution >= 0.6 is 0 Å². The topological polar surface area (TPSA) is 72.8 Å². The van der Waals surface area contributed by atoms with Crippen molar-refractivity contribution in [3.63, 3.8) is 0 Å². The Morgan fingerprint density at radius 3 is 2.17 bits per heavy atom. The quantitative estimate of drug-likeness (QED) is 0.463. The van der Waals surface area contributed by atoms with Crippen LogP contribution in [0.5, 0.6) is 0 Å². The molecule has 0 aromatic heterocycles. The first-order chi connectivity index (χ1) is 5.11. The van der Waals surface area contributed by atoms with Gasteiger partial charge >= 0.3 is 35.8 Å². The fraction of sp³-hybridized carbons (Fsp3) is 0.667. The molecule has 0 aliphatic rings. The van der Waals surface area contributed by atoms with E-state index in [1.165, 1.54) is 7.11 Å². The number of hydrogen-bond donors (Lipinski definition) is 1. The summed E-state index contributed by atoms with van der Waals surface area (Å²) in [4.78, 5) is 20.9. The van der Waals surface area contributed by atoms with Gasteiger partial charge in [-0.1, -0.05) is 0 Å². The summed E-state index contributed by atoms with van der Waals surface area (Å²) in [5, 5.41) is 8.84. The second-order valence-electron chi connectivity index (χ2n) is 1.82. The first-order valence-corrected chi connectivity index (χ1v) is 2.94. The molecule has 0 radical (unpaired) electrons. The van der Waals surface area contributed by atoms with Gasteiger partial charge in [0.2, 0.25) is 0 Å². The van der Waals surface area contributed by atoms with Gasteiger partial charge in [0.1, 0.15) is 0 Å². The molecule has 0 aromatic carbocycles. The Hall–Kier alpha value is -0.301. The van der Waals surface area contributed by atoms with Crippen molar-refractivity contribution in [2.75, 3.05) is 14.2 Å². The summed E-state index contributed by atoms with van der Waals surface area (Å²) in [5.41, 5.74) is 0. The number of ether oxygens (including phenoxy) is 2. The van der Waals surface area contributed by atoms with Gasteiger partial charge in [-0.3, -0.25) is 4.79 Å². The third-order valence-corrected chi connectivity index (χ3v) is 1.06. The number of rotatable bonds is 3. The molecule has 0 fully saturated rings. The van der Waals surface area contributed by atoms with Gasteiger partial charge in [-0.25, -0.2) is 4.79 Å². The van der Waals surface area contributed by atoms with Gasteiger partial charge in [0.25, 0.3) is 0 Å². The maximum absolute atomic E-state index is 10.5. The molecular weight excluding hydrogens is 271 g/mol. The van der Waals surface area contributed by atoms with Crippen molar-refractivity contribution >= 4 is 35.8 Å². The molecule has 0 aliphatic carbocycles.